The van der Waals surface area contributed by atoms with E-state index in [-0.39, 0.29) is 34.4 Å². The fraction of sp³-hybridized carbons (Fsp3) is 0.179. The molecule has 0 radical (unpaired) electrons. The van der Waals surface area contributed by atoms with Crippen LogP contribution in [-0.4, -0.2) is 41.8 Å². The number of nitrogens with zero attached hydrogens (tertiary/aromatic N) is 2. The van der Waals surface area contributed by atoms with Gasteiger partial charge in [-0.05, 0) is 36.2 Å². The number of benzene rings is 3. The van der Waals surface area contributed by atoms with E-state index in [4.69, 9.17) is 0 Å². The fourth-order valence-electron chi connectivity index (χ4n) is 4.06. The van der Waals surface area contributed by atoms with Gasteiger partial charge in [0.25, 0.3) is 17.7 Å². The van der Waals surface area contributed by atoms with Crippen LogP contribution >= 0.6 is 0 Å². The molecule has 8 heteroatoms. The third kappa shape index (κ3) is 4.65. The molecule has 0 saturated carbocycles. The first-order chi connectivity index (χ1) is 17.3. The predicted octanol–water partition coefficient (Wildman–Crippen LogP) is 4.03. The van der Waals surface area contributed by atoms with Crippen LogP contribution in [-0.2, 0) is 9.59 Å². The van der Waals surface area contributed by atoms with Crippen LogP contribution in [0.2, 0.25) is 0 Å². The minimum atomic E-state index is -0.569. The van der Waals surface area contributed by atoms with Crippen molar-refractivity contribution < 1.29 is 19.5 Å². The van der Waals surface area contributed by atoms with E-state index in [1.54, 1.807) is 56.6 Å². The van der Waals surface area contributed by atoms with E-state index in [1.807, 2.05) is 37.3 Å². The minimum Gasteiger partial charge on any atom is -0.505 e. The monoisotopic (exact) mass is 484 g/mol. The molecule has 3 aromatic carbocycles. The molecular weight excluding hydrogens is 456 g/mol. The summed E-state index contributed by atoms with van der Waals surface area (Å²) in [5.41, 5.74) is 1.68. The number of carbonyl (C=O) groups excluding carboxylic acids is 3. The summed E-state index contributed by atoms with van der Waals surface area (Å²) in [4.78, 5) is 42.1. The Hall–Kier alpha value is -4.59. The van der Waals surface area contributed by atoms with Crippen molar-refractivity contribution in [2.24, 2.45) is 0 Å². The minimum absolute atomic E-state index is 0.0111. The molecule has 0 unspecified atom stereocenters. The van der Waals surface area contributed by atoms with E-state index in [9.17, 15) is 19.5 Å². The lowest BCUT2D eigenvalue weighted by Crippen LogP contribution is -2.34. The molecule has 0 aliphatic carbocycles. The van der Waals surface area contributed by atoms with Gasteiger partial charge in [0.2, 0.25) is 0 Å². The van der Waals surface area contributed by atoms with Gasteiger partial charge in [0.1, 0.15) is 11.4 Å². The third-order valence-corrected chi connectivity index (χ3v) is 5.96. The van der Waals surface area contributed by atoms with Crippen molar-refractivity contribution in [3.05, 3.63) is 101 Å². The first kappa shape index (κ1) is 24.5. The number of rotatable bonds is 8. The van der Waals surface area contributed by atoms with Crippen molar-refractivity contribution in [3.63, 3.8) is 0 Å². The molecule has 0 saturated heterocycles. The average molecular weight is 485 g/mol. The van der Waals surface area contributed by atoms with Gasteiger partial charge in [-0.2, -0.15) is 0 Å². The maximum atomic E-state index is 13.6. The molecule has 184 valence electrons. The van der Waals surface area contributed by atoms with Gasteiger partial charge in [-0.3, -0.25) is 14.4 Å². The number of aromatic hydroxyl groups is 1. The SMILES string of the molecule is CC[C@@H](NC1=C(Nc2cccc(C(=O)N(C)C)c2O)C(=O)N(c2ccccc2)C1=O)c1ccccc1. The molecule has 3 N–H and O–H groups in total. The van der Waals surface area contributed by atoms with Gasteiger partial charge in [0.05, 0.1) is 23.0 Å². The molecule has 8 nitrogen and oxygen atoms in total. The molecule has 0 aromatic heterocycles. The number of phenols is 1. The second kappa shape index (κ2) is 10.4. The van der Waals surface area contributed by atoms with Crippen LogP contribution in [0, 0.1) is 0 Å². The van der Waals surface area contributed by atoms with Crippen LogP contribution in [0.1, 0.15) is 35.3 Å². The Morgan fingerprint density at radius 1 is 0.889 bits per heavy atom. The average Bonchev–Trinajstić information content (AvgIpc) is 3.12. The van der Waals surface area contributed by atoms with Crippen LogP contribution in [0.3, 0.4) is 0 Å². The summed E-state index contributed by atoms with van der Waals surface area (Å²) < 4.78 is 0. The smallest absolute Gasteiger partial charge is 0.284 e. The van der Waals surface area contributed by atoms with Crippen LogP contribution < -0.4 is 15.5 Å². The number of nitrogens with one attached hydrogen (secondary N) is 2. The maximum Gasteiger partial charge on any atom is 0.284 e. The Balaban J connectivity index is 1.77. The molecule has 0 bridgehead atoms. The van der Waals surface area contributed by atoms with E-state index in [0.717, 1.165) is 10.5 Å². The van der Waals surface area contributed by atoms with Gasteiger partial charge in [0, 0.05) is 14.1 Å². The maximum absolute atomic E-state index is 13.6. The molecule has 4 rings (SSSR count). The molecule has 3 aromatic rings. The fourth-order valence-corrected chi connectivity index (χ4v) is 4.06. The quantitative estimate of drug-likeness (QED) is 0.330. The number of hydrogen-bond donors (Lipinski definition) is 3. The van der Waals surface area contributed by atoms with E-state index < -0.39 is 17.7 Å². The molecular formula is C28H28N4O4. The summed E-state index contributed by atoms with van der Waals surface area (Å²) in [5, 5.41) is 17.0. The predicted molar refractivity (Wildman–Crippen MR) is 138 cm³/mol. The van der Waals surface area contributed by atoms with E-state index in [1.165, 1.54) is 11.0 Å². The van der Waals surface area contributed by atoms with Gasteiger partial charge < -0.3 is 20.6 Å². The molecule has 1 aliphatic rings. The molecule has 3 amide bonds. The van der Waals surface area contributed by atoms with Crippen molar-refractivity contribution in [2.75, 3.05) is 24.3 Å². The number of anilines is 2. The molecule has 36 heavy (non-hydrogen) atoms. The van der Waals surface area contributed by atoms with Gasteiger partial charge in [0.15, 0.2) is 5.75 Å². The number of imide groups is 1. The van der Waals surface area contributed by atoms with Crippen molar-refractivity contribution in [3.8, 4) is 5.75 Å². The van der Waals surface area contributed by atoms with Crippen LogP contribution in [0.15, 0.2) is 90.3 Å². The largest absolute Gasteiger partial charge is 0.505 e. The van der Waals surface area contributed by atoms with Crippen molar-refractivity contribution in [1.82, 2.24) is 10.2 Å². The first-order valence-electron chi connectivity index (χ1n) is 11.6. The van der Waals surface area contributed by atoms with E-state index in [2.05, 4.69) is 10.6 Å². The molecule has 0 fully saturated rings. The number of amides is 3. The Morgan fingerprint density at radius 3 is 2.11 bits per heavy atom. The molecule has 1 atom stereocenters. The van der Waals surface area contributed by atoms with Gasteiger partial charge in [-0.25, -0.2) is 4.90 Å². The van der Waals surface area contributed by atoms with Crippen LogP contribution in [0.25, 0.3) is 0 Å². The lowest BCUT2D eigenvalue weighted by atomic mass is 10.0. The highest BCUT2D eigenvalue weighted by Gasteiger charge is 2.41. The Labute approximate surface area is 209 Å². The number of hydrogen-bond acceptors (Lipinski definition) is 6. The highest BCUT2D eigenvalue weighted by atomic mass is 16.3. The number of phenolic OH excluding ortho intramolecular Hbond substituents is 1. The molecule has 0 spiro atoms. The standard InChI is InChI=1S/C28H28N4O4/c1-4-21(18-12-7-5-8-13-18)29-23-24(28(36)32(27(23)35)19-14-9-6-10-15-19)30-22-17-11-16-20(25(22)33)26(34)31(2)3/h5-17,21,29-30,33H,4H2,1-3H3/t21-/m1/s1. The third-order valence-electron chi connectivity index (χ3n) is 5.96. The number of carbonyl (C=O) groups is 3. The summed E-state index contributed by atoms with van der Waals surface area (Å²) in [6.07, 6.45) is 0.658. The van der Waals surface area contributed by atoms with Gasteiger partial charge in [-0.15, -0.1) is 0 Å². The van der Waals surface area contributed by atoms with E-state index in [0.29, 0.717) is 12.1 Å². The first-order valence-corrected chi connectivity index (χ1v) is 11.6. The lowest BCUT2D eigenvalue weighted by molar-refractivity contribution is -0.120. The summed E-state index contributed by atoms with van der Waals surface area (Å²) >= 11 is 0. The highest BCUT2D eigenvalue weighted by Crippen LogP contribution is 2.33. The zero-order valence-corrected chi connectivity index (χ0v) is 20.4. The van der Waals surface area contributed by atoms with Crippen molar-refractivity contribution in [2.45, 2.75) is 19.4 Å². The Morgan fingerprint density at radius 2 is 1.50 bits per heavy atom. The topological polar surface area (TPSA) is 102 Å². The van der Waals surface area contributed by atoms with Crippen molar-refractivity contribution in [1.29, 1.82) is 0 Å². The Kier molecular flexibility index (Phi) is 7.05. The van der Waals surface area contributed by atoms with Gasteiger partial charge in [-0.1, -0.05) is 61.5 Å². The summed E-state index contributed by atoms with van der Waals surface area (Å²) in [6.45, 7) is 1.98. The zero-order chi connectivity index (χ0) is 25.8. The Bertz CT molecular complexity index is 1320. The highest BCUT2D eigenvalue weighted by molar-refractivity contribution is 6.33. The zero-order valence-electron chi connectivity index (χ0n) is 20.4. The molecule has 1 heterocycles. The second-order valence-corrected chi connectivity index (χ2v) is 8.57. The number of para-hydroxylation sites is 2. The normalized spacial score (nSPS) is 14.1. The van der Waals surface area contributed by atoms with Crippen LogP contribution in [0.5, 0.6) is 5.75 Å². The molecule has 1 aliphatic heterocycles. The lowest BCUT2D eigenvalue weighted by Gasteiger charge is -2.20. The summed E-state index contributed by atoms with van der Waals surface area (Å²) in [6, 6.07) is 22.7. The van der Waals surface area contributed by atoms with E-state index >= 15 is 0 Å². The summed E-state index contributed by atoms with van der Waals surface area (Å²) in [7, 11) is 3.16. The van der Waals surface area contributed by atoms with Gasteiger partial charge >= 0.3 is 0 Å². The van der Waals surface area contributed by atoms with Crippen molar-refractivity contribution >= 4 is 29.1 Å². The summed E-state index contributed by atoms with van der Waals surface area (Å²) in [5.74, 6) is -1.78. The second-order valence-electron chi connectivity index (χ2n) is 8.57. The van der Waals surface area contributed by atoms with Crippen LogP contribution in [0.4, 0.5) is 11.4 Å².